The van der Waals surface area contributed by atoms with E-state index in [2.05, 4.69) is 25.3 Å². The number of amides is 1. The van der Waals surface area contributed by atoms with Crippen LogP contribution in [0.5, 0.6) is 0 Å². The minimum Gasteiger partial charge on any atom is -0.447 e. The second kappa shape index (κ2) is 6.48. The van der Waals surface area contributed by atoms with Gasteiger partial charge in [0.2, 0.25) is 0 Å². The van der Waals surface area contributed by atoms with E-state index >= 15 is 0 Å². The van der Waals surface area contributed by atoms with Crippen molar-refractivity contribution < 1.29 is 9.53 Å². The van der Waals surface area contributed by atoms with Gasteiger partial charge in [-0.1, -0.05) is 0 Å². The van der Waals surface area contributed by atoms with E-state index in [9.17, 15) is 4.79 Å². The first-order chi connectivity index (χ1) is 5.61. The molecule has 5 heteroatoms. The van der Waals surface area contributed by atoms with Crippen LogP contribution in [0.2, 0.25) is 0 Å². The van der Waals surface area contributed by atoms with E-state index in [4.69, 9.17) is 4.74 Å². The molecule has 0 aromatic heterocycles. The number of hydrogen-bond donors (Lipinski definition) is 2. The third kappa shape index (κ3) is 4.77. The molecule has 12 heavy (non-hydrogen) atoms. The SMILES string of the molecule is CCN(CC)C(=O)OCC(S)S. The molecule has 0 atom stereocenters. The lowest BCUT2D eigenvalue weighted by atomic mass is 10.5. The smallest absolute Gasteiger partial charge is 0.409 e. The van der Waals surface area contributed by atoms with Crippen molar-refractivity contribution in [1.29, 1.82) is 0 Å². The molecule has 0 aliphatic carbocycles. The van der Waals surface area contributed by atoms with Gasteiger partial charge in [-0.25, -0.2) is 4.79 Å². The Balaban J connectivity index is 3.69. The molecule has 0 rings (SSSR count). The Morgan fingerprint density at radius 3 is 2.25 bits per heavy atom. The second-order valence-corrected chi connectivity index (χ2v) is 3.88. The predicted molar refractivity (Wildman–Crippen MR) is 56.0 cm³/mol. The molecular weight excluding hydrogens is 194 g/mol. The van der Waals surface area contributed by atoms with Gasteiger partial charge in [-0.3, -0.25) is 0 Å². The number of ether oxygens (including phenoxy) is 1. The Bertz CT molecular complexity index is 137. The summed E-state index contributed by atoms with van der Waals surface area (Å²) in [6.45, 7) is 5.38. The van der Waals surface area contributed by atoms with Gasteiger partial charge >= 0.3 is 6.09 Å². The first-order valence-electron chi connectivity index (χ1n) is 3.89. The van der Waals surface area contributed by atoms with Crippen molar-refractivity contribution in [3.8, 4) is 0 Å². The van der Waals surface area contributed by atoms with Crippen LogP contribution in [-0.2, 0) is 4.74 Å². The van der Waals surface area contributed by atoms with Crippen molar-refractivity contribution in [3.05, 3.63) is 0 Å². The van der Waals surface area contributed by atoms with E-state index < -0.39 is 0 Å². The fourth-order valence-electron chi connectivity index (χ4n) is 0.719. The molecule has 0 saturated heterocycles. The van der Waals surface area contributed by atoms with Crippen molar-refractivity contribution in [2.45, 2.75) is 18.4 Å². The molecular formula is C7H15NO2S2. The molecule has 0 aliphatic rings. The van der Waals surface area contributed by atoms with Gasteiger partial charge in [0.1, 0.15) is 6.61 Å². The zero-order chi connectivity index (χ0) is 9.56. The molecule has 0 heterocycles. The third-order valence-corrected chi connectivity index (χ3v) is 1.68. The monoisotopic (exact) mass is 209 g/mol. The minimum atomic E-state index is -0.298. The minimum absolute atomic E-state index is 0.204. The summed E-state index contributed by atoms with van der Waals surface area (Å²) >= 11 is 7.94. The van der Waals surface area contributed by atoms with Crippen LogP contribution in [0.25, 0.3) is 0 Å². The van der Waals surface area contributed by atoms with Gasteiger partial charge < -0.3 is 9.64 Å². The maximum Gasteiger partial charge on any atom is 0.409 e. The summed E-state index contributed by atoms with van der Waals surface area (Å²) in [5.74, 6) is 0. The average molecular weight is 209 g/mol. The number of rotatable bonds is 4. The largest absolute Gasteiger partial charge is 0.447 e. The van der Waals surface area contributed by atoms with E-state index in [0.29, 0.717) is 13.1 Å². The van der Waals surface area contributed by atoms with Crippen LogP contribution in [0.15, 0.2) is 0 Å². The molecule has 3 nitrogen and oxygen atoms in total. The van der Waals surface area contributed by atoms with Crippen molar-refractivity contribution >= 4 is 31.4 Å². The van der Waals surface area contributed by atoms with Crippen molar-refractivity contribution in [3.63, 3.8) is 0 Å². The summed E-state index contributed by atoms with van der Waals surface area (Å²) in [4.78, 5) is 12.7. The van der Waals surface area contributed by atoms with Crippen molar-refractivity contribution in [2.24, 2.45) is 0 Å². The summed E-state index contributed by atoms with van der Waals surface area (Å²) in [6.07, 6.45) is -0.298. The molecule has 0 spiro atoms. The van der Waals surface area contributed by atoms with E-state index in [1.165, 1.54) is 0 Å². The number of carbonyl (C=O) groups excluding carboxylic acids is 1. The molecule has 0 aromatic rings. The van der Waals surface area contributed by atoms with Gasteiger partial charge in [0.15, 0.2) is 0 Å². The highest BCUT2D eigenvalue weighted by atomic mass is 32.2. The maximum atomic E-state index is 11.1. The Kier molecular flexibility index (Phi) is 6.47. The number of thiol groups is 2. The zero-order valence-electron chi connectivity index (χ0n) is 7.36. The van der Waals surface area contributed by atoms with Crippen molar-refractivity contribution in [2.75, 3.05) is 19.7 Å². The molecule has 0 saturated carbocycles. The molecule has 0 fully saturated rings. The highest BCUT2D eigenvalue weighted by Gasteiger charge is 2.10. The average Bonchev–Trinajstić information content (AvgIpc) is 2.03. The quantitative estimate of drug-likeness (QED) is 0.544. The standard InChI is InChI=1S/C7H15NO2S2/c1-3-8(4-2)7(9)10-5-6(11)12/h6,11-12H,3-5H2,1-2H3. The lowest BCUT2D eigenvalue weighted by Gasteiger charge is -2.18. The summed E-state index contributed by atoms with van der Waals surface area (Å²) < 4.78 is 4.68. The summed E-state index contributed by atoms with van der Waals surface area (Å²) in [7, 11) is 0. The molecule has 0 unspecified atom stereocenters. The van der Waals surface area contributed by atoms with Crippen molar-refractivity contribution in [1.82, 2.24) is 4.90 Å². The van der Waals surface area contributed by atoms with Crippen LogP contribution in [0.1, 0.15) is 13.8 Å². The molecule has 0 radical (unpaired) electrons. The molecule has 0 aliphatic heterocycles. The number of carbonyl (C=O) groups is 1. The molecule has 0 N–H and O–H groups in total. The lowest BCUT2D eigenvalue weighted by molar-refractivity contribution is 0.111. The van der Waals surface area contributed by atoms with Gasteiger partial charge in [-0.15, -0.1) is 0 Å². The van der Waals surface area contributed by atoms with E-state index in [0.717, 1.165) is 0 Å². The van der Waals surface area contributed by atoms with Crippen LogP contribution in [0, 0.1) is 0 Å². The second-order valence-electron chi connectivity index (χ2n) is 2.23. The first-order valence-corrected chi connectivity index (χ1v) is 4.92. The van der Waals surface area contributed by atoms with Crippen LogP contribution >= 0.6 is 25.3 Å². The normalized spacial score (nSPS) is 10.1. The van der Waals surface area contributed by atoms with Gasteiger partial charge in [0, 0.05) is 13.1 Å². The zero-order valence-corrected chi connectivity index (χ0v) is 9.15. The van der Waals surface area contributed by atoms with Gasteiger partial charge in [-0.2, -0.15) is 25.3 Å². The lowest BCUT2D eigenvalue weighted by Crippen LogP contribution is -2.32. The molecule has 1 amide bonds. The highest BCUT2D eigenvalue weighted by molar-refractivity contribution is 7.99. The fourth-order valence-corrected chi connectivity index (χ4v) is 0.868. The topological polar surface area (TPSA) is 29.5 Å². The van der Waals surface area contributed by atoms with E-state index in [1.807, 2.05) is 13.8 Å². The number of nitrogens with zero attached hydrogens (tertiary/aromatic N) is 1. The Hall–Kier alpha value is -0.0300. The van der Waals surface area contributed by atoms with Crippen LogP contribution < -0.4 is 0 Å². The van der Waals surface area contributed by atoms with Gasteiger partial charge in [0.05, 0.1) is 4.58 Å². The number of hydrogen-bond acceptors (Lipinski definition) is 4. The van der Waals surface area contributed by atoms with Crippen LogP contribution in [0.3, 0.4) is 0 Å². The summed E-state index contributed by atoms with van der Waals surface area (Å²) in [5.41, 5.74) is 0. The Labute approximate surface area is 84.3 Å². The van der Waals surface area contributed by atoms with Gasteiger partial charge in [-0.05, 0) is 13.8 Å². The maximum absolute atomic E-state index is 11.1. The highest BCUT2D eigenvalue weighted by Crippen LogP contribution is 2.02. The molecule has 0 bridgehead atoms. The fraction of sp³-hybridized carbons (Fsp3) is 0.857. The van der Waals surface area contributed by atoms with Gasteiger partial charge in [0.25, 0.3) is 0 Å². The summed E-state index contributed by atoms with van der Waals surface area (Å²) in [5, 5.41) is 0. The molecule has 0 aromatic carbocycles. The van der Waals surface area contributed by atoms with E-state index in [-0.39, 0.29) is 17.3 Å². The Morgan fingerprint density at radius 1 is 1.42 bits per heavy atom. The third-order valence-electron chi connectivity index (χ3n) is 1.38. The summed E-state index contributed by atoms with van der Waals surface area (Å²) in [6, 6.07) is 0. The predicted octanol–water partition coefficient (Wildman–Crippen LogP) is 1.65. The Morgan fingerprint density at radius 2 is 1.92 bits per heavy atom. The molecule has 72 valence electrons. The van der Waals surface area contributed by atoms with Crippen LogP contribution in [-0.4, -0.2) is 35.3 Å². The van der Waals surface area contributed by atoms with E-state index in [1.54, 1.807) is 4.90 Å². The first kappa shape index (κ1) is 12.0. The van der Waals surface area contributed by atoms with Crippen LogP contribution in [0.4, 0.5) is 4.79 Å².